The van der Waals surface area contributed by atoms with Crippen molar-refractivity contribution in [2.24, 2.45) is 0 Å². The van der Waals surface area contributed by atoms with E-state index in [1.54, 1.807) is 23.1 Å². The lowest BCUT2D eigenvalue weighted by atomic mass is 9.87. The predicted molar refractivity (Wildman–Crippen MR) is 160 cm³/mol. The Morgan fingerprint density at radius 3 is 2.28 bits per heavy atom. The summed E-state index contributed by atoms with van der Waals surface area (Å²) in [7, 11) is 0. The Morgan fingerprint density at radius 2 is 1.67 bits per heavy atom. The van der Waals surface area contributed by atoms with Gasteiger partial charge in [-0.05, 0) is 52.8 Å². The molecule has 0 aliphatic carbocycles. The molecule has 3 rings (SSSR count). The summed E-state index contributed by atoms with van der Waals surface area (Å²) in [6.45, 7) is 8.96. The van der Waals surface area contributed by atoms with Gasteiger partial charge in [0.25, 0.3) is 5.91 Å². The summed E-state index contributed by atoms with van der Waals surface area (Å²) in [5, 5.41) is 3.95. The standard InChI is InChI=1S/C32H38Cl2N2O3/c1-5-6-18-35-31(38)29(19-23-10-8-7-9-11-23)36(21-24-12-15-26(33)20-28(24)34)30(37)22-39-27-16-13-25(14-17-27)32(2,3)4/h7-17,20,29H,5-6,18-19,21-22H2,1-4H3,(H,35,38)/t29-/m1/s1. The van der Waals surface area contributed by atoms with Gasteiger partial charge in [-0.3, -0.25) is 9.59 Å². The molecule has 0 aromatic heterocycles. The largest absolute Gasteiger partial charge is 0.484 e. The van der Waals surface area contributed by atoms with Crippen LogP contribution in [-0.2, 0) is 28.0 Å². The summed E-state index contributed by atoms with van der Waals surface area (Å²) in [5.74, 6) is 0.0700. The van der Waals surface area contributed by atoms with Crippen LogP contribution < -0.4 is 10.1 Å². The number of hydrogen-bond donors (Lipinski definition) is 1. The van der Waals surface area contributed by atoms with Crippen LogP contribution in [0, 0.1) is 0 Å². The smallest absolute Gasteiger partial charge is 0.261 e. The van der Waals surface area contributed by atoms with Crippen LogP contribution in [0.3, 0.4) is 0 Å². The average Bonchev–Trinajstić information content (AvgIpc) is 2.90. The number of halogens is 2. The van der Waals surface area contributed by atoms with Gasteiger partial charge in [0.15, 0.2) is 6.61 Å². The van der Waals surface area contributed by atoms with Crippen LogP contribution in [-0.4, -0.2) is 35.9 Å². The summed E-state index contributed by atoms with van der Waals surface area (Å²) < 4.78 is 5.91. The van der Waals surface area contributed by atoms with Crippen LogP contribution in [0.1, 0.15) is 57.2 Å². The number of ether oxygens (including phenoxy) is 1. The molecule has 0 saturated carbocycles. The van der Waals surface area contributed by atoms with Gasteiger partial charge in [-0.2, -0.15) is 0 Å². The molecule has 39 heavy (non-hydrogen) atoms. The van der Waals surface area contributed by atoms with E-state index in [1.165, 1.54) is 5.56 Å². The van der Waals surface area contributed by atoms with Crippen molar-refractivity contribution in [3.63, 3.8) is 0 Å². The first-order valence-corrected chi connectivity index (χ1v) is 14.1. The highest BCUT2D eigenvalue weighted by Crippen LogP contribution is 2.26. The number of carbonyl (C=O) groups excluding carboxylic acids is 2. The van der Waals surface area contributed by atoms with Gasteiger partial charge >= 0.3 is 0 Å². The van der Waals surface area contributed by atoms with Gasteiger partial charge < -0.3 is 15.0 Å². The van der Waals surface area contributed by atoms with E-state index < -0.39 is 6.04 Å². The summed E-state index contributed by atoms with van der Waals surface area (Å²) in [6.07, 6.45) is 2.17. The highest BCUT2D eigenvalue weighted by atomic mass is 35.5. The molecule has 0 heterocycles. The highest BCUT2D eigenvalue weighted by molar-refractivity contribution is 6.35. The molecule has 0 saturated heterocycles. The number of amides is 2. The van der Waals surface area contributed by atoms with Crippen molar-refractivity contribution < 1.29 is 14.3 Å². The van der Waals surface area contributed by atoms with Crippen molar-refractivity contribution in [2.75, 3.05) is 13.2 Å². The zero-order valence-electron chi connectivity index (χ0n) is 23.2. The second-order valence-corrected chi connectivity index (χ2v) is 11.5. The van der Waals surface area contributed by atoms with E-state index in [0.29, 0.717) is 34.3 Å². The van der Waals surface area contributed by atoms with Crippen LogP contribution in [0.25, 0.3) is 0 Å². The van der Waals surface area contributed by atoms with Crippen molar-refractivity contribution in [2.45, 2.75) is 65.0 Å². The molecule has 208 valence electrons. The number of nitrogens with zero attached hydrogens (tertiary/aromatic N) is 1. The van der Waals surface area contributed by atoms with Crippen molar-refractivity contribution in [1.82, 2.24) is 10.2 Å². The Morgan fingerprint density at radius 1 is 0.974 bits per heavy atom. The number of nitrogens with one attached hydrogen (secondary N) is 1. The summed E-state index contributed by atoms with van der Waals surface area (Å²) in [6, 6.07) is 21.8. The van der Waals surface area contributed by atoms with E-state index in [1.807, 2.05) is 54.6 Å². The molecule has 1 atom stereocenters. The number of unbranched alkanes of at least 4 members (excludes halogenated alkanes) is 1. The molecule has 0 bridgehead atoms. The number of carbonyl (C=O) groups is 2. The van der Waals surface area contributed by atoms with Gasteiger partial charge in [-0.1, -0.05) is 106 Å². The molecule has 3 aromatic carbocycles. The maximum absolute atomic E-state index is 13.7. The fourth-order valence-electron chi connectivity index (χ4n) is 4.17. The van der Waals surface area contributed by atoms with Crippen LogP contribution in [0.15, 0.2) is 72.8 Å². The Balaban J connectivity index is 1.89. The minimum absolute atomic E-state index is 0.0127. The van der Waals surface area contributed by atoms with E-state index in [2.05, 4.69) is 33.0 Å². The maximum atomic E-state index is 13.7. The van der Waals surface area contributed by atoms with E-state index in [0.717, 1.165) is 18.4 Å². The van der Waals surface area contributed by atoms with Gasteiger partial charge in [0.1, 0.15) is 11.8 Å². The predicted octanol–water partition coefficient (Wildman–Crippen LogP) is 7.23. The molecule has 0 unspecified atom stereocenters. The van der Waals surface area contributed by atoms with E-state index in [9.17, 15) is 9.59 Å². The minimum Gasteiger partial charge on any atom is -0.484 e. The van der Waals surface area contributed by atoms with Crippen molar-refractivity contribution in [3.8, 4) is 5.75 Å². The molecule has 3 aromatic rings. The monoisotopic (exact) mass is 568 g/mol. The molecule has 1 N–H and O–H groups in total. The molecule has 5 nitrogen and oxygen atoms in total. The molecule has 0 radical (unpaired) electrons. The van der Waals surface area contributed by atoms with Gasteiger partial charge in [-0.15, -0.1) is 0 Å². The lowest BCUT2D eigenvalue weighted by molar-refractivity contribution is -0.142. The van der Waals surface area contributed by atoms with Gasteiger partial charge in [0.2, 0.25) is 5.91 Å². The first kappa shape index (κ1) is 30.5. The SMILES string of the molecule is CCCCNC(=O)[C@@H](Cc1ccccc1)N(Cc1ccc(Cl)cc1Cl)C(=O)COc1ccc(C(C)(C)C)cc1. The minimum atomic E-state index is -0.754. The molecule has 0 spiro atoms. The van der Waals surface area contributed by atoms with Gasteiger partial charge in [0, 0.05) is 29.6 Å². The number of hydrogen-bond acceptors (Lipinski definition) is 3. The van der Waals surface area contributed by atoms with Crippen LogP contribution in [0.4, 0.5) is 0 Å². The van der Waals surface area contributed by atoms with Gasteiger partial charge in [-0.25, -0.2) is 0 Å². The highest BCUT2D eigenvalue weighted by Gasteiger charge is 2.31. The molecule has 0 fully saturated rings. The normalized spacial score (nSPS) is 12.1. The second kappa shape index (κ2) is 14.4. The van der Waals surface area contributed by atoms with Crippen molar-refractivity contribution >= 4 is 35.0 Å². The third kappa shape index (κ3) is 9.29. The molecule has 0 aliphatic heterocycles. The third-order valence-electron chi connectivity index (χ3n) is 6.54. The topological polar surface area (TPSA) is 58.6 Å². The van der Waals surface area contributed by atoms with E-state index in [4.69, 9.17) is 27.9 Å². The molecule has 0 aliphatic rings. The lowest BCUT2D eigenvalue weighted by Gasteiger charge is -2.32. The quantitative estimate of drug-likeness (QED) is 0.234. The first-order valence-electron chi connectivity index (χ1n) is 13.4. The van der Waals surface area contributed by atoms with Crippen LogP contribution in [0.2, 0.25) is 10.0 Å². The summed E-state index contributed by atoms with van der Waals surface area (Å²) >= 11 is 12.6. The van der Waals surface area contributed by atoms with E-state index in [-0.39, 0.29) is 30.4 Å². The average molecular weight is 570 g/mol. The van der Waals surface area contributed by atoms with Gasteiger partial charge in [0.05, 0.1) is 0 Å². The first-order chi connectivity index (χ1) is 18.6. The zero-order chi connectivity index (χ0) is 28.4. The third-order valence-corrected chi connectivity index (χ3v) is 7.13. The number of rotatable bonds is 12. The fourth-order valence-corrected chi connectivity index (χ4v) is 4.64. The molecule has 2 amide bonds. The maximum Gasteiger partial charge on any atom is 0.261 e. The fraction of sp³-hybridized carbons (Fsp3) is 0.375. The molecular weight excluding hydrogens is 531 g/mol. The Bertz CT molecular complexity index is 1220. The summed E-state index contributed by atoms with van der Waals surface area (Å²) in [4.78, 5) is 28.8. The van der Waals surface area contributed by atoms with Crippen molar-refractivity contribution in [1.29, 1.82) is 0 Å². The van der Waals surface area contributed by atoms with E-state index >= 15 is 0 Å². The summed E-state index contributed by atoms with van der Waals surface area (Å²) in [5.41, 5.74) is 2.83. The molecule has 7 heteroatoms. The zero-order valence-corrected chi connectivity index (χ0v) is 24.7. The Hall–Kier alpha value is -3.02. The second-order valence-electron chi connectivity index (χ2n) is 10.7. The number of benzene rings is 3. The molecular formula is C32H38Cl2N2O3. The van der Waals surface area contributed by atoms with Crippen molar-refractivity contribution in [3.05, 3.63) is 99.5 Å². The lowest BCUT2D eigenvalue weighted by Crippen LogP contribution is -2.51. The Labute approximate surface area is 242 Å². The van der Waals surface area contributed by atoms with Crippen LogP contribution in [0.5, 0.6) is 5.75 Å². The Kier molecular flexibility index (Phi) is 11.3. The van der Waals surface area contributed by atoms with Crippen LogP contribution >= 0.6 is 23.2 Å².